The van der Waals surface area contributed by atoms with E-state index in [1.807, 2.05) is 72.8 Å². The number of thioether (sulfide) groups is 1. The van der Waals surface area contributed by atoms with Crippen molar-refractivity contribution in [1.82, 2.24) is 14.9 Å². The Morgan fingerprint density at radius 2 is 1.58 bits per heavy atom. The number of ether oxygens (including phenoxy) is 1. The topological polar surface area (TPSA) is 52.3 Å². The lowest BCUT2D eigenvalue weighted by Gasteiger charge is -2.10. The molecule has 0 aliphatic carbocycles. The molecule has 5 nitrogen and oxygen atoms in total. The van der Waals surface area contributed by atoms with Gasteiger partial charge < -0.3 is 4.74 Å². The van der Waals surface area contributed by atoms with Crippen molar-refractivity contribution < 1.29 is 4.74 Å². The zero-order valence-electron chi connectivity index (χ0n) is 16.4. The van der Waals surface area contributed by atoms with Crippen LogP contribution in [-0.4, -0.2) is 21.1 Å². The van der Waals surface area contributed by atoms with Gasteiger partial charge in [-0.15, -0.1) is 10.2 Å². The smallest absolute Gasteiger partial charge is 0.212 e. The predicted octanol–water partition coefficient (Wildman–Crippen LogP) is 6.34. The summed E-state index contributed by atoms with van der Waals surface area (Å²) in [5.74, 6) is 1.38. The van der Waals surface area contributed by atoms with E-state index in [1.165, 1.54) is 11.8 Å². The Kier molecular flexibility index (Phi) is 7.25. The van der Waals surface area contributed by atoms with Crippen molar-refractivity contribution in [2.24, 2.45) is 5.10 Å². The van der Waals surface area contributed by atoms with Gasteiger partial charge in [0.2, 0.25) is 5.16 Å². The number of nitrogens with zero attached hydrogens (tertiary/aromatic N) is 4. The minimum Gasteiger partial charge on any atom is -0.488 e. The first kappa shape index (κ1) is 21.4. The minimum atomic E-state index is 0.371. The van der Waals surface area contributed by atoms with Crippen LogP contribution in [0.4, 0.5) is 0 Å². The molecule has 156 valence electrons. The number of para-hydroxylation sites is 1. The molecular formula is C23H18Cl2N4OS. The van der Waals surface area contributed by atoms with Gasteiger partial charge in [-0.3, -0.25) is 0 Å². The molecule has 31 heavy (non-hydrogen) atoms. The van der Waals surface area contributed by atoms with Crippen LogP contribution in [0, 0.1) is 0 Å². The molecule has 0 radical (unpaired) electrons. The van der Waals surface area contributed by atoms with Crippen LogP contribution in [-0.2, 0) is 12.4 Å². The summed E-state index contributed by atoms with van der Waals surface area (Å²) in [4.78, 5) is 0. The van der Waals surface area contributed by atoms with Crippen molar-refractivity contribution in [1.29, 1.82) is 0 Å². The summed E-state index contributed by atoms with van der Waals surface area (Å²) in [5.41, 5.74) is 2.80. The molecule has 4 rings (SSSR count). The first-order valence-electron chi connectivity index (χ1n) is 9.46. The van der Waals surface area contributed by atoms with Crippen LogP contribution in [0.25, 0.3) is 0 Å². The van der Waals surface area contributed by atoms with Crippen LogP contribution < -0.4 is 4.74 Å². The summed E-state index contributed by atoms with van der Waals surface area (Å²) in [6.07, 6.45) is 3.30. The summed E-state index contributed by atoms with van der Waals surface area (Å²) in [7, 11) is 0. The predicted molar refractivity (Wildman–Crippen MR) is 126 cm³/mol. The molecule has 1 aromatic heterocycles. The van der Waals surface area contributed by atoms with Crippen molar-refractivity contribution in [2.75, 3.05) is 0 Å². The van der Waals surface area contributed by atoms with E-state index in [0.717, 1.165) is 21.7 Å². The fourth-order valence-corrected chi connectivity index (χ4v) is 4.11. The summed E-state index contributed by atoms with van der Waals surface area (Å²) >= 11 is 14.0. The molecule has 8 heteroatoms. The number of hydrogen-bond acceptors (Lipinski definition) is 5. The van der Waals surface area contributed by atoms with Gasteiger partial charge in [-0.25, -0.2) is 0 Å². The minimum absolute atomic E-state index is 0.371. The second-order valence-electron chi connectivity index (χ2n) is 6.50. The quantitative estimate of drug-likeness (QED) is 0.223. The number of halogens is 2. The van der Waals surface area contributed by atoms with E-state index in [0.29, 0.717) is 28.3 Å². The average molecular weight is 469 g/mol. The maximum absolute atomic E-state index is 6.24. The molecule has 0 saturated heterocycles. The Bertz CT molecular complexity index is 1200. The monoisotopic (exact) mass is 468 g/mol. The van der Waals surface area contributed by atoms with Gasteiger partial charge in [0.25, 0.3) is 0 Å². The fraction of sp³-hybridized carbons (Fsp3) is 0.0870. The van der Waals surface area contributed by atoms with Crippen molar-refractivity contribution in [3.63, 3.8) is 0 Å². The summed E-state index contributed by atoms with van der Waals surface area (Å²) in [6.45, 7) is 0.371. The Labute approximate surface area is 194 Å². The van der Waals surface area contributed by atoms with Crippen LogP contribution in [0.15, 0.2) is 89.4 Å². The molecule has 0 spiro atoms. The Morgan fingerprint density at radius 1 is 0.903 bits per heavy atom. The van der Waals surface area contributed by atoms with E-state index in [1.54, 1.807) is 17.2 Å². The van der Waals surface area contributed by atoms with Crippen molar-refractivity contribution >= 4 is 41.2 Å². The molecule has 0 N–H and O–H groups in total. The molecule has 1 heterocycles. The molecule has 0 bridgehead atoms. The van der Waals surface area contributed by atoms with Crippen molar-refractivity contribution in [3.05, 3.63) is 106 Å². The van der Waals surface area contributed by atoms with Crippen molar-refractivity contribution in [3.8, 4) is 5.75 Å². The zero-order chi connectivity index (χ0) is 21.5. The summed E-state index contributed by atoms with van der Waals surface area (Å²) in [5, 5.41) is 14.7. The third-order valence-corrected chi connectivity index (χ3v) is 6.12. The molecule has 0 aliphatic rings. The van der Waals surface area contributed by atoms with Gasteiger partial charge in [0.15, 0.2) is 0 Å². The average Bonchev–Trinajstić information content (AvgIpc) is 3.24. The maximum atomic E-state index is 6.24. The molecule has 0 saturated carbocycles. The van der Waals surface area contributed by atoms with Crippen molar-refractivity contribution in [2.45, 2.75) is 17.5 Å². The molecular weight excluding hydrogens is 451 g/mol. The van der Waals surface area contributed by atoms with E-state index >= 15 is 0 Å². The number of hydrogen-bond donors (Lipinski definition) is 0. The largest absolute Gasteiger partial charge is 0.488 e. The normalized spacial score (nSPS) is 11.2. The lowest BCUT2D eigenvalue weighted by atomic mass is 10.2. The molecule has 0 atom stereocenters. The highest BCUT2D eigenvalue weighted by molar-refractivity contribution is 7.98. The Balaban J connectivity index is 1.45. The first-order chi connectivity index (χ1) is 15.2. The molecule has 0 amide bonds. The zero-order valence-corrected chi connectivity index (χ0v) is 18.7. The van der Waals surface area contributed by atoms with Gasteiger partial charge in [0.1, 0.15) is 18.7 Å². The number of rotatable bonds is 8. The first-order valence-corrected chi connectivity index (χ1v) is 11.2. The fourth-order valence-electron chi connectivity index (χ4n) is 2.77. The van der Waals surface area contributed by atoms with Gasteiger partial charge in [-0.2, -0.15) is 9.78 Å². The van der Waals surface area contributed by atoms with Gasteiger partial charge in [0.05, 0.1) is 6.21 Å². The molecule has 0 unspecified atom stereocenters. The van der Waals surface area contributed by atoms with Crippen LogP contribution >= 0.6 is 35.0 Å². The van der Waals surface area contributed by atoms with E-state index in [2.05, 4.69) is 15.3 Å². The molecule has 0 fully saturated rings. The maximum Gasteiger partial charge on any atom is 0.212 e. The number of aromatic nitrogens is 3. The van der Waals surface area contributed by atoms with E-state index in [4.69, 9.17) is 27.9 Å². The molecule has 3 aromatic carbocycles. The third kappa shape index (κ3) is 5.67. The lowest BCUT2D eigenvalue weighted by molar-refractivity contribution is 0.306. The Morgan fingerprint density at radius 3 is 2.35 bits per heavy atom. The molecule has 4 aromatic rings. The Hall–Kier alpha value is -2.80. The van der Waals surface area contributed by atoms with E-state index < -0.39 is 0 Å². The van der Waals surface area contributed by atoms with E-state index in [9.17, 15) is 0 Å². The summed E-state index contributed by atoms with van der Waals surface area (Å²) < 4.78 is 7.62. The van der Waals surface area contributed by atoms with Gasteiger partial charge in [-0.1, -0.05) is 83.5 Å². The van der Waals surface area contributed by atoms with Gasteiger partial charge in [0, 0.05) is 26.9 Å². The highest BCUT2D eigenvalue weighted by Crippen LogP contribution is 2.25. The standard InChI is InChI=1S/C23H18Cl2N4OS/c24-20-10-4-1-8-18(20)14-30-22-12-6-3-7-17(22)13-27-29-16-26-28-23(29)31-15-19-9-2-5-11-21(19)25/h1-13,16H,14-15H2/b27-13+. The highest BCUT2D eigenvalue weighted by Gasteiger charge is 2.08. The van der Waals surface area contributed by atoms with Gasteiger partial charge in [-0.05, 0) is 29.8 Å². The van der Waals surface area contributed by atoms with Crippen LogP contribution in [0.1, 0.15) is 16.7 Å². The number of benzene rings is 3. The third-order valence-electron chi connectivity index (χ3n) is 4.40. The molecule has 0 aliphatic heterocycles. The van der Waals surface area contributed by atoms with E-state index in [-0.39, 0.29) is 0 Å². The van der Waals surface area contributed by atoms with Crippen LogP contribution in [0.3, 0.4) is 0 Å². The highest BCUT2D eigenvalue weighted by atomic mass is 35.5. The lowest BCUT2D eigenvalue weighted by Crippen LogP contribution is -2.00. The van der Waals surface area contributed by atoms with Gasteiger partial charge >= 0.3 is 0 Å². The summed E-state index contributed by atoms with van der Waals surface area (Å²) in [6, 6.07) is 23.1. The second kappa shape index (κ2) is 10.5. The van der Waals surface area contributed by atoms with Crippen LogP contribution in [0.2, 0.25) is 10.0 Å². The second-order valence-corrected chi connectivity index (χ2v) is 8.26. The SMILES string of the molecule is Clc1ccccc1COc1ccccc1/C=N/n1cnnc1SCc1ccccc1Cl. The van der Waals surface area contributed by atoms with Crippen LogP contribution in [0.5, 0.6) is 5.75 Å².